The van der Waals surface area contributed by atoms with Gasteiger partial charge in [0.1, 0.15) is 6.61 Å². The van der Waals surface area contributed by atoms with Crippen LogP contribution in [0.25, 0.3) is 22.0 Å². The number of H-pyrrole nitrogens is 1. The second-order valence-corrected chi connectivity index (χ2v) is 14.7. The van der Waals surface area contributed by atoms with E-state index in [-0.39, 0.29) is 29.6 Å². The van der Waals surface area contributed by atoms with E-state index in [1.54, 1.807) is 0 Å². The van der Waals surface area contributed by atoms with Crippen molar-refractivity contribution in [2.45, 2.75) is 64.1 Å². The highest BCUT2D eigenvalue weighted by molar-refractivity contribution is 6.45. The van der Waals surface area contributed by atoms with Gasteiger partial charge in [0.25, 0.3) is 0 Å². The molecule has 0 spiro atoms. The monoisotopic (exact) mass is 668 g/mol. The summed E-state index contributed by atoms with van der Waals surface area (Å²) in [6, 6.07) is 2.13. The minimum absolute atomic E-state index is 0.0263. The maximum atomic E-state index is 12.3. The number of nitrogens with one attached hydrogen (secondary N) is 1. The summed E-state index contributed by atoms with van der Waals surface area (Å²) in [7, 11) is 0. The summed E-state index contributed by atoms with van der Waals surface area (Å²) in [5.41, 5.74) is 3.50. The molecule has 6 heterocycles. The Balaban J connectivity index is 1.20. The number of aromatic nitrogens is 4. The first kappa shape index (κ1) is 31.3. The first-order chi connectivity index (χ1) is 22.1. The van der Waals surface area contributed by atoms with E-state index in [0.717, 1.165) is 91.9 Å². The van der Waals surface area contributed by atoms with Gasteiger partial charge in [0.2, 0.25) is 5.91 Å². The fraction of sp³-hybridized carbons (Fsp3) is 0.576. The van der Waals surface area contributed by atoms with Crippen LogP contribution in [0.2, 0.25) is 10.0 Å². The third kappa shape index (κ3) is 5.44. The van der Waals surface area contributed by atoms with Crippen LogP contribution < -0.4 is 4.90 Å². The van der Waals surface area contributed by atoms with Gasteiger partial charge in [-0.25, -0.2) is 4.79 Å². The first-order valence-electron chi connectivity index (χ1n) is 16.3. The van der Waals surface area contributed by atoms with Gasteiger partial charge in [-0.05, 0) is 64.5 Å². The molecule has 2 atom stereocenters. The van der Waals surface area contributed by atoms with E-state index in [0.29, 0.717) is 35.7 Å². The molecule has 11 nitrogen and oxygen atoms in total. The average Bonchev–Trinajstić information content (AvgIpc) is 3.74. The van der Waals surface area contributed by atoms with Crippen LogP contribution >= 0.6 is 23.2 Å². The molecular weight excluding hydrogens is 627 g/mol. The van der Waals surface area contributed by atoms with Crippen LogP contribution in [0.15, 0.2) is 24.9 Å². The van der Waals surface area contributed by atoms with Crippen molar-refractivity contribution in [3.05, 3.63) is 40.7 Å². The minimum atomic E-state index is -0.183. The number of hydrogen-bond acceptors (Lipinski definition) is 7. The summed E-state index contributed by atoms with van der Waals surface area (Å²) in [5.74, 6) is 1.40. The van der Waals surface area contributed by atoms with Crippen LogP contribution in [-0.2, 0) is 9.53 Å². The standard InChI is InChI=1S/C33H42Cl2N8O3/c1-5-27(44)40-9-7-22(8-10-40)43-20(2)28(29-24-16-36-37-26(24)14-25(34)30(29)35)31(38-43)42-11-6-21(15-33(42,3)4)17-39-12-13-41-23(18-39)19-46-32(41)45/h5,14,16,21-23H,1,6-13,15,17-19H2,2-4H3,(H,36,37)/t21-,23?/m1/s1. The van der Waals surface area contributed by atoms with Crippen molar-refractivity contribution in [1.29, 1.82) is 0 Å². The predicted molar refractivity (Wildman–Crippen MR) is 180 cm³/mol. The highest BCUT2D eigenvalue weighted by Gasteiger charge is 2.42. The van der Waals surface area contributed by atoms with E-state index in [2.05, 4.69) is 52.0 Å². The molecule has 7 rings (SSSR count). The molecule has 46 heavy (non-hydrogen) atoms. The summed E-state index contributed by atoms with van der Waals surface area (Å²) >= 11 is 13.8. The van der Waals surface area contributed by atoms with Gasteiger partial charge in [-0.15, -0.1) is 0 Å². The van der Waals surface area contributed by atoms with Crippen molar-refractivity contribution >= 4 is 51.9 Å². The minimum Gasteiger partial charge on any atom is -0.447 e. The molecule has 1 aromatic carbocycles. The van der Waals surface area contributed by atoms with Crippen molar-refractivity contribution in [3.63, 3.8) is 0 Å². The largest absolute Gasteiger partial charge is 0.447 e. The number of hydrogen-bond donors (Lipinski definition) is 1. The smallest absolute Gasteiger partial charge is 0.410 e. The highest BCUT2D eigenvalue weighted by Crippen LogP contribution is 2.48. The van der Waals surface area contributed by atoms with Gasteiger partial charge < -0.3 is 14.5 Å². The van der Waals surface area contributed by atoms with Crippen LogP contribution in [0.1, 0.15) is 51.3 Å². The summed E-state index contributed by atoms with van der Waals surface area (Å²) in [6.07, 6.45) is 6.68. The summed E-state index contributed by atoms with van der Waals surface area (Å²) in [4.78, 5) is 33.0. The quantitative estimate of drug-likeness (QED) is 0.345. The Hall–Kier alpha value is -3.28. The zero-order valence-corrected chi connectivity index (χ0v) is 28.3. The van der Waals surface area contributed by atoms with Crippen molar-refractivity contribution < 1.29 is 14.3 Å². The third-order valence-electron chi connectivity index (χ3n) is 10.6. The maximum Gasteiger partial charge on any atom is 0.410 e. The van der Waals surface area contributed by atoms with Gasteiger partial charge >= 0.3 is 6.09 Å². The lowest BCUT2D eigenvalue weighted by Gasteiger charge is -2.48. The Morgan fingerprint density at radius 3 is 2.65 bits per heavy atom. The van der Waals surface area contributed by atoms with E-state index < -0.39 is 0 Å². The van der Waals surface area contributed by atoms with Crippen LogP contribution in [-0.4, -0.2) is 111 Å². The topological polar surface area (TPSA) is 103 Å². The molecule has 2 aromatic heterocycles. The number of piperazine rings is 1. The van der Waals surface area contributed by atoms with E-state index >= 15 is 0 Å². The van der Waals surface area contributed by atoms with E-state index in [9.17, 15) is 9.59 Å². The Bertz CT molecular complexity index is 1680. The van der Waals surface area contributed by atoms with Crippen LogP contribution in [0.4, 0.5) is 10.6 Å². The molecule has 4 aliphatic rings. The SMILES string of the molecule is C=CC(=O)N1CCC(n2nc(N3CC[C@@H](CN4CCN5C(=O)OCC5C4)CC3(C)C)c(-c3c(Cl)c(Cl)cc4[nH]ncc34)c2C)CC1. The molecule has 1 unspecified atom stereocenters. The lowest BCUT2D eigenvalue weighted by Crippen LogP contribution is -2.55. The van der Waals surface area contributed by atoms with Crippen LogP contribution in [0.5, 0.6) is 0 Å². The predicted octanol–water partition coefficient (Wildman–Crippen LogP) is 5.52. The molecule has 3 aromatic rings. The van der Waals surface area contributed by atoms with Gasteiger partial charge in [0.05, 0.1) is 33.8 Å². The van der Waals surface area contributed by atoms with E-state index in [1.165, 1.54) is 6.08 Å². The average molecular weight is 670 g/mol. The number of carbonyl (C=O) groups excluding carboxylic acids is 2. The maximum absolute atomic E-state index is 12.3. The molecule has 246 valence electrons. The van der Waals surface area contributed by atoms with Crippen LogP contribution in [0, 0.1) is 12.8 Å². The molecule has 4 saturated heterocycles. The Morgan fingerprint density at radius 2 is 1.91 bits per heavy atom. The number of carbonyl (C=O) groups is 2. The number of rotatable bonds is 6. The zero-order chi connectivity index (χ0) is 32.3. The van der Waals surface area contributed by atoms with Gasteiger partial charge in [-0.1, -0.05) is 29.8 Å². The molecule has 1 N–H and O–H groups in total. The molecular formula is C33H42Cl2N8O3. The number of aromatic amines is 1. The van der Waals surface area contributed by atoms with E-state index in [1.807, 2.05) is 22.1 Å². The number of likely N-dealkylation sites (tertiary alicyclic amines) is 1. The lowest BCUT2D eigenvalue weighted by molar-refractivity contribution is -0.127. The molecule has 13 heteroatoms. The number of piperidine rings is 2. The van der Waals surface area contributed by atoms with Gasteiger partial charge in [-0.2, -0.15) is 10.2 Å². The number of halogens is 2. The van der Waals surface area contributed by atoms with Gasteiger partial charge in [-0.3, -0.25) is 24.4 Å². The van der Waals surface area contributed by atoms with Crippen LogP contribution in [0.3, 0.4) is 0 Å². The Labute approximate surface area is 279 Å². The lowest BCUT2D eigenvalue weighted by atomic mass is 9.81. The van der Waals surface area contributed by atoms with Crippen molar-refractivity contribution in [2.75, 3.05) is 57.3 Å². The molecule has 0 bridgehead atoms. The molecule has 0 saturated carbocycles. The number of nitrogens with zero attached hydrogens (tertiary/aromatic N) is 7. The van der Waals surface area contributed by atoms with Gasteiger partial charge in [0.15, 0.2) is 5.82 Å². The number of ether oxygens (including phenoxy) is 1. The summed E-state index contributed by atoms with van der Waals surface area (Å²) in [5, 5.41) is 14.7. The summed E-state index contributed by atoms with van der Waals surface area (Å²) < 4.78 is 7.46. The van der Waals surface area contributed by atoms with Crippen molar-refractivity contribution in [3.8, 4) is 11.1 Å². The number of cyclic esters (lactones) is 1. The highest BCUT2D eigenvalue weighted by atomic mass is 35.5. The zero-order valence-electron chi connectivity index (χ0n) is 26.8. The van der Waals surface area contributed by atoms with Crippen molar-refractivity contribution in [1.82, 2.24) is 34.7 Å². The first-order valence-corrected chi connectivity index (χ1v) is 17.1. The molecule has 4 aliphatic heterocycles. The number of fused-ring (bicyclic) bond motifs is 2. The summed E-state index contributed by atoms with van der Waals surface area (Å²) in [6.45, 7) is 16.6. The number of benzene rings is 1. The normalized spacial score (nSPS) is 24.0. The van der Waals surface area contributed by atoms with Gasteiger partial charge in [0, 0.05) is 73.6 Å². The second-order valence-electron chi connectivity index (χ2n) is 13.9. The van der Waals surface area contributed by atoms with E-state index in [4.69, 9.17) is 33.0 Å². The molecule has 0 radical (unpaired) electrons. The Kier molecular flexibility index (Phi) is 8.22. The second kappa shape index (κ2) is 12.1. The molecule has 4 fully saturated rings. The fourth-order valence-electron chi connectivity index (χ4n) is 8.24. The van der Waals surface area contributed by atoms with Crippen molar-refractivity contribution in [2.24, 2.45) is 5.92 Å². The fourth-order valence-corrected chi connectivity index (χ4v) is 8.70. The number of anilines is 1. The number of amides is 2. The molecule has 0 aliphatic carbocycles. The third-order valence-corrected chi connectivity index (χ3v) is 11.4. The Morgan fingerprint density at radius 1 is 1.13 bits per heavy atom. The molecule has 2 amide bonds.